The molecule has 2 aromatic rings. The first-order chi connectivity index (χ1) is 7.75. The quantitative estimate of drug-likeness (QED) is 0.852. The maximum atomic E-state index is 11.5. The van der Waals surface area contributed by atoms with E-state index in [1.807, 2.05) is 31.2 Å². The van der Waals surface area contributed by atoms with Gasteiger partial charge in [-0.05, 0) is 12.5 Å². The minimum atomic E-state index is -0.252. The van der Waals surface area contributed by atoms with Crippen LogP contribution < -0.4 is 5.32 Å². The Hall–Kier alpha value is -2.10. The molecule has 4 heteroatoms. The number of hydrogen-bond donors (Lipinski definition) is 1. The van der Waals surface area contributed by atoms with Gasteiger partial charge in [0.1, 0.15) is 0 Å². The summed E-state index contributed by atoms with van der Waals surface area (Å²) in [5.41, 5.74) is 2.25. The Morgan fingerprint density at radius 1 is 1.38 bits per heavy atom. The van der Waals surface area contributed by atoms with Crippen molar-refractivity contribution in [3.63, 3.8) is 0 Å². The minimum Gasteiger partial charge on any atom is -0.438 e. The zero-order valence-corrected chi connectivity index (χ0v) is 8.93. The van der Waals surface area contributed by atoms with E-state index in [-0.39, 0.29) is 11.7 Å². The summed E-state index contributed by atoms with van der Waals surface area (Å²) in [6.07, 6.45) is 2.63. The van der Waals surface area contributed by atoms with Crippen LogP contribution in [0.15, 0.2) is 41.3 Å². The van der Waals surface area contributed by atoms with E-state index in [0.717, 1.165) is 5.56 Å². The number of benzene rings is 1. The first-order valence-electron chi connectivity index (χ1n) is 4.98. The number of carbonyl (C=O) groups is 1. The lowest BCUT2D eigenvalue weighted by atomic mass is 10.1. The van der Waals surface area contributed by atoms with E-state index >= 15 is 0 Å². The molecule has 0 aliphatic heterocycles. The Bertz CT molecular complexity index is 460. The van der Waals surface area contributed by atoms with Crippen molar-refractivity contribution in [1.29, 1.82) is 0 Å². The summed E-state index contributed by atoms with van der Waals surface area (Å²) in [7, 11) is 0. The molecule has 0 fully saturated rings. The molecule has 1 heterocycles. The van der Waals surface area contributed by atoms with Crippen LogP contribution in [0, 0.1) is 6.92 Å². The molecule has 0 bridgehead atoms. The first-order valence-corrected chi connectivity index (χ1v) is 4.98. The number of nitrogens with zero attached hydrogens (tertiary/aromatic N) is 1. The second-order valence-electron chi connectivity index (χ2n) is 3.53. The zero-order chi connectivity index (χ0) is 11.4. The normalized spacial score (nSPS) is 10.1. The highest BCUT2D eigenvalue weighted by molar-refractivity contribution is 5.90. The van der Waals surface area contributed by atoms with Crippen LogP contribution >= 0.6 is 0 Å². The molecule has 0 aliphatic carbocycles. The number of nitrogens with one attached hydrogen (secondary N) is 1. The second-order valence-corrected chi connectivity index (χ2v) is 3.53. The summed E-state index contributed by atoms with van der Waals surface area (Å²) in [5.74, 6) is -0.0230. The van der Waals surface area contributed by atoms with Crippen LogP contribution in [0.3, 0.4) is 0 Å². The number of amides is 1. The van der Waals surface area contributed by atoms with Gasteiger partial charge in [0, 0.05) is 6.54 Å². The Labute approximate surface area is 93.3 Å². The van der Waals surface area contributed by atoms with Gasteiger partial charge >= 0.3 is 0 Å². The van der Waals surface area contributed by atoms with Crippen molar-refractivity contribution >= 4 is 5.91 Å². The third kappa shape index (κ3) is 2.48. The van der Waals surface area contributed by atoms with Gasteiger partial charge in [0.05, 0.1) is 6.20 Å². The fraction of sp³-hybridized carbons (Fsp3) is 0.167. The van der Waals surface area contributed by atoms with Gasteiger partial charge in [0.15, 0.2) is 6.39 Å². The van der Waals surface area contributed by atoms with Gasteiger partial charge in [-0.1, -0.05) is 29.8 Å². The van der Waals surface area contributed by atoms with Gasteiger partial charge in [-0.2, -0.15) is 0 Å². The molecule has 0 spiro atoms. The van der Waals surface area contributed by atoms with Crippen LogP contribution in [-0.2, 0) is 6.54 Å². The summed E-state index contributed by atoms with van der Waals surface area (Å²) in [4.78, 5) is 15.2. The maximum Gasteiger partial charge on any atom is 0.288 e. The van der Waals surface area contributed by atoms with E-state index in [1.165, 1.54) is 18.2 Å². The Kier molecular flexibility index (Phi) is 3.00. The molecule has 0 unspecified atom stereocenters. The predicted molar refractivity (Wildman–Crippen MR) is 58.9 cm³/mol. The fourth-order valence-corrected chi connectivity index (χ4v) is 1.30. The number of oxazole rings is 1. The number of aromatic nitrogens is 1. The summed E-state index contributed by atoms with van der Waals surface area (Å²) in [6, 6.07) is 7.98. The molecule has 0 radical (unpaired) electrons. The zero-order valence-electron chi connectivity index (χ0n) is 8.93. The molecular formula is C12H12N2O2. The highest BCUT2D eigenvalue weighted by Crippen LogP contribution is 2.03. The summed E-state index contributed by atoms with van der Waals surface area (Å²) in [6.45, 7) is 2.51. The highest BCUT2D eigenvalue weighted by atomic mass is 16.3. The van der Waals surface area contributed by atoms with E-state index < -0.39 is 0 Å². The second kappa shape index (κ2) is 4.61. The van der Waals surface area contributed by atoms with Crippen LogP contribution in [0.25, 0.3) is 0 Å². The summed E-state index contributed by atoms with van der Waals surface area (Å²) < 4.78 is 4.88. The largest absolute Gasteiger partial charge is 0.438 e. The molecule has 2 rings (SSSR count). The van der Waals surface area contributed by atoms with Gasteiger partial charge < -0.3 is 9.73 Å². The van der Waals surface area contributed by atoms with Crippen molar-refractivity contribution in [2.45, 2.75) is 13.5 Å². The van der Waals surface area contributed by atoms with Crippen molar-refractivity contribution in [2.75, 3.05) is 0 Å². The minimum absolute atomic E-state index is 0.229. The lowest BCUT2D eigenvalue weighted by molar-refractivity contribution is 0.0923. The summed E-state index contributed by atoms with van der Waals surface area (Å²) >= 11 is 0. The van der Waals surface area contributed by atoms with Gasteiger partial charge in [0.2, 0.25) is 5.76 Å². The van der Waals surface area contributed by atoms with E-state index in [0.29, 0.717) is 6.54 Å². The van der Waals surface area contributed by atoms with Crippen molar-refractivity contribution in [3.05, 3.63) is 53.7 Å². The Balaban J connectivity index is 1.93. The van der Waals surface area contributed by atoms with Crippen molar-refractivity contribution in [3.8, 4) is 0 Å². The molecule has 1 aromatic heterocycles. The Morgan fingerprint density at radius 3 is 2.75 bits per heavy atom. The van der Waals surface area contributed by atoms with Gasteiger partial charge in [-0.15, -0.1) is 0 Å². The molecule has 0 aliphatic rings. The average molecular weight is 216 g/mol. The molecular weight excluding hydrogens is 204 g/mol. The lowest BCUT2D eigenvalue weighted by Crippen LogP contribution is -2.22. The lowest BCUT2D eigenvalue weighted by Gasteiger charge is -2.03. The van der Waals surface area contributed by atoms with Gasteiger partial charge in [-0.3, -0.25) is 4.79 Å². The topological polar surface area (TPSA) is 55.1 Å². The molecule has 0 saturated heterocycles. The third-order valence-corrected chi connectivity index (χ3v) is 2.23. The standard InChI is InChI=1S/C12H12N2O2/c1-9-2-4-10(5-3-9)6-14-12(15)11-7-13-8-16-11/h2-5,7-8H,6H2,1H3,(H,14,15). The first kappa shape index (κ1) is 10.4. The number of hydrogen-bond acceptors (Lipinski definition) is 3. The van der Waals surface area contributed by atoms with Crippen LogP contribution in [0.2, 0.25) is 0 Å². The predicted octanol–water partition coefficient (Wildman–Crippen LogP) is 1.91. The van der Waals surface area contributed by atoms with E-state index in [2.05, 4.69) is 10.3 Å². The van der Waals surface area contributed by atoms with E-state index in [1.54, 1.807) is 0 Å². The van der Waals surface area contributed by atoms with Crippen molar-refractivity contribution in [1.82, 2.24) is 10.3 Å². The fourth-order valence-electron chi connectivity index (χ4n) is 1.30. The molecule has 4 nitrogen and oxygen atoms in total. The molecule has 1 N–H and O–H groups in total. The molecule has 16 heavy (non-hydrogen) atoms. The van der Waals surface area contributed by atoms with Crippen LogP contribution in [0.1, 0.15) is 21.7 Å². The molecule has 1 amide bonds. The molecule has 82 valence electrons. The highest BCUT2D eigenvalue weighted by Gasteiger charge is 2.07. The molecule has 1 aromatic carbocycles. The summed E-state index contributed by atoms with van der Waals surface area (Å²) in [5, 5.41) is 2.75. The number of aryl methyl sites for hydroxylation is 1. The van der Waals surface area contributed by atoms with Crippen molar-refractivity contribution in [2.24, 2.45) is 0 Å². The monoisotopic (exact) mass is 216 g/mol. The van der Waals surface area contributed by atoms with Crippen LogP contribution in [0.4, 0.5) is 0 Å². The maximum absolute atomic E-state index is 11.5. The number of rotatable bonds is 3. The van der Waals surface area contributed by atoms with Gasteiger partial charge in [-0.25, -0.2) is 4.98 Å². The third-order valence-electron chi connectivity index (χ3n) is 2.23. The molecule has 0 atom stereocenters. The van der Waals surface area contributed by atoms with Crippen molar-refractivity contribution < 1.29 is 9.21 Å². The number of carbonyl (C=O) groups excluding carboxylic acids is 1. The van der Waals surface area contributed by atoms with E-state index in [4.69, 9.17) is 4.42 Å². The molecule has 0 saturated carbocycles. The van der Waals surface area contributed by atoms with Crippen LogP contribution in [0.5, 0.6) is 0 Å². The van der Waals surface area contributed by atoms with Crippen LogP contribution in [-0.4, -0.2) is 10.9 Å². The smallest absolute Gasteiger partial charge is 0.288 e. The Morgan fingerprint density at radius 2 is 2.12 bits per heavy atom. The SMILES string of the molecule is Cc1ccc(CNC(=O)c2cnco2)cc1. The van der Waals surface area contributed by atoms with Gasteiger partial charge in [0.25, 0.3) is 5.91 Å². The van der Waals surface area contributed by atoms with E-state index in [9.17, 15) is 4.79 Å². The average Bonchev–Trinajstić information content (AvgIpc) is 2.81.